The number of nitrogens with one attached hydrogen (secondary N) is 1. The minimum absolute atomic E-state index is 0.0174. The molecule has 1 aliphatic rings. The molecule has 12 nitrogen and oxygen atoms in total. The maximum atomic E-state index is 12.0. The number of para-hydroxylation sites is 2. The van der Waals surface area contributed by atoms with Crippen LogP contribution in [0.5, 0.6) is 11.5 Å². The molecule has 3 rings (SSSR count). The van der Waals surface area contributed by atoms with Crippen LogP contribution in [0.3, 0.4) is 0 Å². The number of rotatable bonds is 10. The fraction of sp³-hybridized carbons (Fsp3) is 0.389. The Kier molecular flexibility index (Phi) is 7.53. The van der Waals surface area contributed by atoms with Crippen molar-refractivity contribution in [2.75, 3.05) is 18.9 Å². The van der Waals surface area contributed by atoms with Crippen LogP contribution in [0, 0.1) is 0 Å². The van der Waals surface area contributed by atoms with Gasteiger partial charge in [0.2, 0.25) is 5.75 Å². The molecule has 0 spiro atoms. The van der Waals surface area contributed by atoms with Gasteiger partial charge in [0.05, 0.1) is 19.1 Å². The average Bonchev–Trinajstić information content (AvgIpc) is 3.07. The molecule has 1 aliphatic heterocycles. The summed E-state index contributed by atoms with van der Waals surface area (Å²) in [6.07, 6.45) is -0.933. The molecule has 0 bridgehead atoms. The highest BCUT2D eigenvalue weighted by Crippen LogP contribution is 2.34. The summed E-state index contributed by atoms with van der Waals surface area (Å²) in [7, 11) is -2.36. The summed E-state index contributed by atoms with van der Waals surface area (Å²) in [5.41, 5.74) is 4.90. The van der Waals surface area contributed by atoms with Crippen molar-refractivity contribution < 1.29 is 33.6 Å². The van der Waals surface area contributed by atoms with E-state index in [0.29, 0.717) is 0 Å². The minimum atomic E-state index is -2.36. The van der Waals surface area contributed by atoms with Crippen molar-refractivity contribution in [3.63, 3.8) is 0 Å². The van der Waals surface area contributed by atoms with E-state index in [1.807, 2.05) is 0 Å². The van der Waals surface area contributed by atoms with Gasteiger partial charge in [0.1, 0.15) is 24.8 Å². The Labute approximate surface area is 177 Å². The number of nitrogen functional groups attached to an aromatic ring is 1. The van der Waals surface area contributed by atoms with Gasteiger partial charge in [-0.25, -0.2) is 9.32 Å². The molecule has 166 valence electrons. The van der Waals surface area contributed by atoms with E-state index in [1.54, 1.807) is 18.2 Å². The van der Waals surface area contributed by atoms with Crippen molar-refractivity contribution in [2.24, 2.45) is 0 Å². The summed E-state index contributed by atoms with van der Waals surface area (Å²) in [5, 5.41) is 21.4. The first kappa shape index (κ1) is 22.6. The second-order valence-electron chi connectivity index (χ2n) is 6.63. The topological polar surface area (TPSA) is 175 Å². The Hall–Kier alpha value is -3.05. The molecule has 13 heteroatoms. The Morgan fingerprint density at radius 2 is 2.10 bits per heavy atom. The number of aliphatic hydroxyl groups excluding tert-OH is 1. The fourth-order valence-corrected chi connectivity index (χ4v) is 3.56. The van der Waals surface area contributed by atoms with E-state index in [2.05, 4.69) is 10.1 Å². The van der Waals surface area contributed by atoms with Gasteiger partial charge in [-0.2, -0.15) is 4.98 Å². The molecule has 0 saturated carbocycles. The molecule has 1 aromatic heterocycles. The van der Waals surface area contributed by atoms with Crippen molar-refractivity contribution in [3.8, 4) is 11.5 Å². The van der Waals surface area contributed by atoms with Crippen LogP contribution in [-0.4, -0.2) is 51.1 Å². The van der Waals surface area contributed by atoms with Gasteiger partial charge in [-0.1, -0.05) is 17.2 Å². The molecule has 5 N–H and O–H groups in total. The predicted molar refractivity (Wildman–Crippen MR) is 108 cm³/mol. The highest BCUT2D eigenvalue weighted by molar-refractivity contribution is 7.37. The van der Waals surface area contributed by atoms with Crippen LogP contribution >= 0.6 is 8.18 Å². The molecule has 1 saturated heterocycles. The van der Waals surface area contributed by atoms with Crippen LogP contribution in [0.4, 0.5) is 5.82 Å². The van der Waals surface area contributed by atoms with E-state index in [0.717, 1.165) is 0 Å². The summed E-state index contributed by atoms with van der Waals surface area (Å²) in [4.78, 5) is 26.1. The molecular formula is C18H22N4O8P+. The Morgan fingerprint density at radius 3 is 2.81 bits per heavy atom. The van der Waals surface area contributed by atoms with Gasteiger partial charge >= 0.3 is 19.8 Å². The van der Waals surface area contributed by atoms with E-state index in [1.165, 1.54) is 22.9 Å². The van der Waals surface area contributed by atoms with Gasteiger partial charge in [0.15, 0.2) is 5.75 Å². The lowest BCUT2D eigenvalue weighted by atomic mass is 10.2. The first-order valence-corrected chi connectivity index (χ1v) is 10.5. The summed E-state index contributed by atoms with van der Waals surface area (Å²) in [5.74, 6) is -0.497. The van der Waals surface area contributed by atoms with Crippen LogP contribution in [0.1, 0.15) is 19.1 Å². The van der Waals surface area contributed by atoms with Crippen molar-refractivity contribution >= 4 is 20.0 Å². The number of anilines is 1. The minimum Gasteiger partial charge on any atom is -0.487 e. The van der Waals surface area contributed by atoms with Gasteiger partial charge < -0.3 is 25.4 Å². The largest absolute Gasteiger partial charge is 0.663 e. The molecular weight excluding hydrogens is 431 g/mol. The number of nitrogens with zero attached hydrogens (tertiary/aromatic N) is 2. The lowest BCUT2D eigenvalue weighted by Gasteiger charge is -2.17. The number of aliphatic carboxylic acids is 1. The summed E-state index contributed by atoms with van der Waals surface area (Å²) >= 11 is 0. The molecule has 0 amide bonds. The molecule has 1 aromatic carbocycles. The summed E-state index contributed by atoms with van der Waals surface area (Å²) < 4.78 is 29.9. The molecule has 31 heavy (non-hydrogen) atoms. The number of hydrogen-bond acceptors (Lipinski definition) is 9. The Bertz CT molecular complexity index is 1000. The first-order chi connectivity index (χ1) is 14.8. The molecule has 2 aromatic rings. The summed E-state index contributed by atoms with van der Waals surface area (Å²) in [6, 6.07) is 7.92. The van der Waals surface area contributed by atoms with E-state index >= 15 is 0 Å². The zero-order chi connectivity index (χ0) is 22.4. The monoisotopic (exact) mass is 453 g/mol. The third-order valence-electron chi connectivity index (χ3n) is 4.38. The maximum absolute atomic E-state index is 12.0. The van der Waals surface area contributed by atoms with E-state index < -0.39 is 38.3 Å². The smallest absolute Gasteiger partial charge is 0.487 e. The van der Waals surface area contributed by atoms with Crippen LogP contribution in [0.2, 0.25) is 0 Å². The number of aliphatic hydroxyl groups is 1. The lowest BCUT2D eigenvalue weighted by Crippen LogP contribution is -2.29. The lowest BCUT2D eigenvalue weighted by molar-refractivity contribution is -0.136. The number of nitrogens with two attached hydrogens (primary N) is 1. The molecule has 2 heterocycles. The summed E-state index contributed by atoms with van der Waals surface area (Å²) in [6.45, 7) is -0.0746. The number of benzene rings is 1. The zero-order valence-electron chi connectivity index (χ0n) is 16.3. The number of carboxylic acids is 1. The van der Waals surface area contributed by atoms with Crippen molar-refractivity contribution in [2.45, 2.75) is 31.3 Å². The van der Waals surface area contributed by atoms with Gasteiger partial charge in [0, 0.05) is 17.2 Å². The van der Waals surface area contributed by atoms with Gasteiger partial charge in [0.25, 0.3) is 0 Å². The fourth-order valence-electron chi connectivity index (χ4n) is 2.87. The van der Waals surface area contributed by atoms with Crippen molar-refractivity contribution in [1.82, 2.24) is 14.6 Å². The normalized spacial score (nSPS) is 20.9. The standard InChI is InChI=1S/C18H21N4O8P/c19-15-6-8-22(18(26)21-15)16-9-11(23)14(29-16)10-28-12-3-1-2-4-13(12)30-31(27)20-7-5-17(24)25/h1-4,6,8,11,14,16,23H,5,7,9-10H2,(H3-,19,20,21,24,25,26,27)/p+1/t11-,14+,16+/m0/s1. The van der Waals surface area contributed by atoms with Crippen LogP contribution in [0.25, 0.3) is 0 Å². The van der Waals surface area contributed by atoms with Gasteiger partial charge in [-0.15, -0.1) is 0 Å². The molecule has 4 atom stereocenters. The predicted octanol–water partition coefficient (Wildman–Crippen LogP) is 0.653. The van der Waals surface area contributed by atoms with Crippen molar-refractivity contribution in [3.05, 3.63) is 47.0 Å². The third kappa shape index (κ3) is 6.22. The second-order valence-corrected chi connectivity index (χ2v) is 7.65. The molecule has 1 unspecified atom stereocenters. The molecule has 0 aliphatic carbocycles. The second kappa shape index (κ2) is 10.3. The quantitative estimate of drug-likeness (QED) is 0.372. The van der Waals surface area contributed by atoms with E-state index in [4.69, 9.17) is 24.8 Å². The van der Waals surface area contributed by atoms with Crippen molar-refractivity contribution in [1.29, 1.82) is 0 Å². The number of carboxylic acid groups (broad SMARTS) is 1. The van der Waals surface area contributed by atoms with Gasteiger partial charge in [-0.05, 0) is 18.2 Å². The maximum Gasteiger partial charge on any atom is 0.663 e. The van der Waals surface area contributed by atoms with E-state index in [9.17, 15) is 19.3 Å². The average molecular weight is 453 g/mol. The van der Waals surface area contributed by atoms with E-state index in [-0.39, 0.29) is 43.3 Å². The van der Waals surface area contributed by atoms with Crippen LogP contribution in [0.15, 0.2) is 41.3 Å². The molecule has 0 radical (unpaired) electrons. The number of hydrogen-bond donors (Lipinski definition) is 4. The Morgan fingerprint density at radius 1 is 1.35 bits per heavy atom. The Balaban J connectivity index is 1.58. The number of ether oxygens (including phenoxy) is 2. The SMILES string of the molecule is Nc1ccn([C@H]2C[C@H](O)[C@@H](COc3ccccc3O[P+](=O)NCCC(=O)O)O2)c(=O)n1. The molecule has 1 fully saturated rings. The highest BCUT2D eigenvalue weighted by atomic mass is 31.1. The van der Waals surface area contributed by atoms with Crippen LogP contribution in [-0.2, 0) is 14.1 Å². The third-order valence-corrected chi connectivity index (χ3v) is 5.22. The zero-order valence-corrected chi connectivity index (χ0v) is 17.2. The number of carbonyl (C=O) groups is 1. The van der Waals surface area contributed by atoms with Gasteiger partial charge in [-0.3, -0.25) is 9.36 Å². The number of aromatic nitrogens is 2. The first-order valence-electron chi connectivity index (χ1n) is 9.34. The van der Waals surface area contributed by atoms with Crippen LogP contribution < -0.4 is 25.8 Å². The highest BCUT2D eigenvalue weighted by Gasteiger charge is 2.36.